The molecule has 0 bridgehead atoms. The van der Waals surface area contributed by atoms with Crippen molar-refractivity contribution in [2.24, 2.45) is 7.05 Å². The van der Waals surface area contributed by atoms with E-state index < -0.39 is 6.04 Å². The fraction of sp³-hybridized carbons (Fsp3) is 0.192. The second-order valence-electron chi connectivity index (χ2n) is 7.96. The van der Waals surface area contributed by atoms with Crippen molar-refractivity contribution < 1.29 is 4.79 Å². The van der Waals surface area contributed by atoms with E-state index in [1.807, 2.05) is 56.3 Å². The molecule has 168 valence electrons. The van der Waals surface area contributed by atoms with Crippen LogP contribution in [0.5, 0.6) is 0 Å². The number of carbonyl (C=O) groups excluding carboxylic acids is 1. The molecule has 3 aromatic carbocycles. The molecule has 0 saturated heterocycles. The van der Waals surface area contributed by atoms with Crippen molar-refractivity contribution in [3.05, 3.63) is 110 Å². The molecule has 0 aliphatic rings. The maximum absolute atomic E-state index is 13.8. The number of benzene rings is 3. The van der Waals surface area contributed by atoms with Crippen LogP contribution in [-0.4, -0.2) is 20.4 Å². The molecule has 0 saturated carbocycles. The van der Waals surface area contributed by atoms with Crippen LogP contribution in [0.1, 0.15) is 47.7 Å². The predicted molar refractivity (Wildman–Crippen MR) is 133 cm³/mol. The highest BCUT2D eigenvalue weighted by Crippen LogP contribution is 2.33. The average molecular weight is 480 g/mol. The first-order chi connectivity index (χ1) is 15.8. The van der Waals surface area contributed by atoms with Gasteiger partial charge in [-0.1, -0.05) is 65.7 Å². The van der Waals surface area contributed by atoms with Gasteiger partial charge in [-0.25, -0.2) is 4.98 Å². The van der Waals surface area contributed by atoms with Crippen LogP contribution < -0.4 is 5.56 Å². The molecule has 2 unspecified atom stereocenters. The summed E-state index contributed by atoms with van der Waals surface area (Å²) in [6, 6.07) is 21.0. The van der Waals surface area contributed by atoms with Crippen molar-refractivity contribution in [1.82, 2.24) is 14.5 Å². The Morgan fingerprint density at radius 2 is 1.58 bits per heavy atom. The minimum atomic E-state index is -0.510. The number of hydrogen-bond acceptors (Lipinski definition) is 3. The lowest BCUT2D eigenvalue weighted by Gasteiger charge is -2.35. The Morgan fingerprint density at radius 1 is 0.909 bits per heavy atom. The van der Waals surface area contributed by atoms with E-state index in [0.29, 0.717) is 32.3 Å². The molecule has 0 fully saturated rings. The van der Waals surface area contributed by atoms with E-state index in [2.05, 4.69) is 0 Å². The molecular formula is C26H23Cl2N3O2. The van der Waals surface area contributed by atoms with Crippen LogP contribution in [0.25, 0.3) is 10.9 Å². The number of amides is 1. The van der Waals surface area contributed by atoms with E-state index in [4.69, 9.17) is 28.2 Å². The van der Waals surface area contributed by atoms with Crippen molar-refractivity contribution in [1.29, 1.82) is 0 Å². The lowest BCUT2D eigenvalue weighted by Crippen LogP contribution is -2.39. The smallest absolute Gasteiger partial charge is 0.261 e. The summed E-state index contributed by atoms with van der Waals surface area (Å²) in [6.45, 7) is 3.84. The van der Waals surface area contributed by atoms with Crippen molar-refractivity contribution in [3.8, 4) is 0 Å². The number of halogens is 2. The van der Waals surface area contributed by atoms with Gasteiger partial charge < -0.3 is 4.90 Å². The van der Waals surface area contributed by atoms with Crippen molar-refractivity contribution >= 4 is 40.0 Å². The third-order valence-corrected chi connectivity index (χ3v) is 6.65. The van der Waals surface area contributed by atoms with Crippen LogP contribution in [-0.2, 0) is 7.05 Å². The standard InChI is InChI=1S/C26H23Cl2N3O2/c1-16(18-9-5-4-6-10-18)31(25(32)19-13-14-21(27)22(28)15-19)17(2)24-29-23-12-8-7-11-20(23)26(33)30(24)3/h4-17H,1-3H3. The van der Waals surface area contributed by atoms with E-state index >= 15 is 0 Å². The first-order valence-electron chi connectivity index (χ1n) is 10.6. The number of fused-ring (bicyclic) bond motifs is 1. The zero-order chi connectivity index (χ0) is 23.7. The van der Waals surface area contributed by atoms with E-state index in [9.17, 15) is 9.59 Å². The Kier molecular flexibility index (Phi) is 6.54. The minimum absolute atomic E-state index is 0.156. The number of para-hydroxylation sites is 1. The summed E-state index contributed by atoms with van der Waals surface area (Å²) in [4.78, 5) is 33.3. The van der Waals surface area contributed by atoms with Crippen LogP contribution in [0.4, 0.5) is 0 Å². The Bertz CT molecular complexity index is 1390. The average Bonchev–Trinajstić information content (AvgIpc) is 2.83. The summed E-state index contributed by atoms with van der Waals surface area (Å²) < 4.78 is 1.51. The molecule has 0 radical (unpaired) electrons. The molecule has 33 heavy (non-hydrogen) atoms. The van der Waals surface area contributed by atoms with Crippen molar-refractivity contribution in [2.45, 2.75) is 25.9 Å². The molecule has 0 aliphatic heterocycles. The molecular weight excluding hydrogens is 457 g/mol. The van der Waals surface area contributed by atoms with Gasteiger partial charge in [-0.15, -0.1) is 0 Å². The molecule has 7 heteroatoms. The van der Waals surface area contributed by atoms with E-state index in [1.54, 1.807) is 42.3 Å². The van der Waals surface area contributed by atoms with Crippen molar-refractivity contribution in [2.75, 3.05) is 0 Å². The SMILES string of the molecule is CC(c1ccccc1)N(C(=O)c1ccc(Cl)c(Cl)c1)C(C)c1nc2ccccc2c(=O)n1C. The normalized spacial score (nSPS) is 13.0. The highest BCUT2D eigenvalue weighted by atomic mass is 35.5. The molecule has 5 nitrogen and oxygen atoms in total. The van der Waals surface area contributed by atoms with E-state index in [-0.39, 0.29) is 17.5 Å². The Morgan fingerprint density at radius 3 is 2.27 bits per heavy atom. The van der Waals surface area contributed by atoms with Crippen LogP contribution in [0.3, 0.4) is 0 Å². The summed E-state index contributed by atoms with van der Waals surface area (Å²) >= 11 is 12.3. The fourth-order valence-electron chi connectivity index (χ4n) is 4.09. The van der Waals surface area contributed by atoms with Crippen LogP contribution in [0.15, 0.2) is 77.6 Å². The third kappa shape index (κ3) is 4.39. The van der Waals surface area contributed by atoms with E-state index in [1.165, 1.54) is 4.57 Å². The van der Waals surface area contributed by atoms with Gasteiger partial charge in [0.25, 0.3) is 11.5 Å². The molecule has 0 N–H and O–H groups in total. The lowest BCUT2D eigenvalue weighted by atomic mass is 10.0. The summed E-state index contributed by atoms with van der Waals surface area (Å²) in [5, 5.41) is 1.22. The monoisotopic (exact) mass is 479 g/mol. The number of rotatable bonds is 5. The molecule has 4 rings (SSSR count). The summed E-state index contributed by atoms with van der Waals surface area (Å²) in [6.07, 6.45) is 0. The molecule has 0 spiro atoms. The quantitative estimate of drug-likeness (QED) is 0.342. The fourth-order valence-corrected chi connectivity index (χ4v) is 4.39. The van der Waals surface area contributed by atoms with Gasteiger partial charge in [0.15, 0.2) is 0 Å². The molecule has 1 heterocycles. The minimum Gasteiger partial charge on any atom is -0.322 e. The molecule has 1 amide bonds. The van der Waals surface area contributed by atoms with Gasteiger partial charge in [0.05, 0.1) is 33.0 Å². The second-order valence-corrected chi connectivity index (χ2v) is 8.77. The number of nitrogens with zero attached hydrogens (tertiary/aromatic N) is 3. The van der Waals surface area contributed by atoms with Gasteiger partial charge in [0.2, 0.25) is 0 Å². The van der Waals surface area contributed by atoms with Gasteiger partial charge >= 0.3 is 0 Å². The molecule has 4 aromatic rings. The van der Waals surface area contributed by atoms with Gasteiger partial charge in [-0.3, -0.25) is 14.2 Å². The Hall–Kier alpha value is -3.15. The van der Waals surface area contributed by atoms with E-state index in [0.717, 1.165) is 5.56 Å². The summed E-state index contributed by atoms with van der Waals surface area (Å²) in [7, 11) is 1.68. The maximum Gasteiger partial charge on any atom is 0.261 e. The third-order valence-electron chi connectivity index (χ3n) is 5.91. The van der Waals surface area contributed by atoms with Crippen molar-refractivity contribution in [3.63, 3.8) is 0 Å². The summed E-state index contributed by atoms with van der Waals surface area (Å²) in [5.74, 6) is 0.259. The number of hydrogen-bond donors (Lipinski definition) is 0. The number of aromatic nitrogens is 2. The Balaban J connectivity index is 1.86. The topological polar surface area (TPSA) is 55.2 Å². The Labute approximate surface area is 202 Å². The molecule has 2 atom stereocenters. The highest BCUT2D eigenvalue weighted by molar-refractivity contribution is 6.42. The van der Waals surface area contributed by atoms with Gasteiger partial charge in [-0.2, -0.15) is 0 Å². The zero-order valence-corrected chi connectivity index (χ0v) is 20.0. The largest absolute Gasteiger partial charge is 0.322 e. The van der Waals surface area contributed by atoms with Crippen LogP contribution in [0, 0.1) is 0 Å². The van der Waals surface area contributed by atoms with Gasteiger partial charge in [0, 0.05) is 12.6 Å². The van der Waals surface area contributed by atoms with Crippen LogP contribution in [0.2, 0.25) is 10.0 Å². The first kappa shape index (κ1) is 23.0. The summed E-state index contributed by atoms with van der Waals surface area (Å²) in [5.41, 5.74) is 1.81. The highest BCUT2D eigenvalue weighted by Gasteiger charge is 2.31. The molecule has 0 aliphatic carbocycles. The van der Waals surface area contributed by atoms with Crippen LogP contribution >= 0.6 is 23.2 Å². The maximum atomic E-state index is 13.8. The number of carbonyl (C=O) groups is 1. The zero-order valence-electron chi connectivity index (χ0n) is 18.5. The lowest BCUT2D eigenvalue weighted by molar-refractivity contribution is 0.0590. The predicted octanol–water partition coefficient (Wildman–Crippen LogP) is 6.20. The van der Waals surface area contributed by atoms with Gasteiger partial charge in [0.1, 0.15) is 5.82 Å². The molecule has 1 aromatic heterocycles. The second kappa shape index (κ2) is 9.38. The first-order valence-corrected chi connectivity index (χ1v) is 11.3. The van der Waals surface area contributed by atoms with Gasteiger partial charge in [-0.05, 0) is 49.7 Å².